The average Bonchev–Trinajstić information content (AvgIpc) is 3.16. The highest BCUT2D eigenvalue weighted by molar-refractivity contribution is 6.05. The third kappa shape index (κ3) is 6.20. The fourth-order valence-corrected chi connectivity index (χ4v) is 4.00. The smallest absolute Gasteiger partial charge is 0.416 e. The maximum Gasteiger partial charge on any atom is 0.416 e. The highest BCUT2D eigenvalue weighted by Crippen LogP contribution is 2.41. The maximum absolute atomic E-state index is 13.8. The largest absolute Gasteiger partial charge is 0.465 e. The summed E-state index contributed by atoms with van der Waals surface area (Å²) in [7, 11) is 2.23. The Bertz CT molecular complexity index is 1460. The van der Waals surface area contributed by atoms with E-state index in [1.165, 1.54) is 30.5 Å². The zero-order valence-electron chi connectivity index (χ0n) is 21.1. The summed E-state index contributed by atoms with van der Waals surface area (Å²) >= 11 is 0. The Balaban J connectivity index is 1.87. The number of anilines is 1. The van der Waals surface area contributed by atoms with Gasteiger partial charge in [-0.15, -0.1) is 0 Å². The minimum atomic E-state index is -4.69. The Morgan fingerprint density at radius 3 is 2.21 bits per heavy atom. The minimum Gasteiger partial charge on any atom is -0.465 e. The van der Waals surface area contributed by atoms with Gasteiger partial charge in [-0.2, -0.15) is 13.2 Å². The van der Waals surface area contributed by atoms with Crippen LogP contribution in [0.1, 0.15) is 16.7 Å². The Labute approximate surface area is 223 Å². The quantitative estimate of drug-likeness (QED) is 0.319. The second-order valence-electron chi connectivity index (χ2n) is 8.37. The molecule has 6 nitrogen and oxygen atoms in total. The van der Waals surface area contributed by atoms with Crippen LogP contribution in [0, 0.1) is 0 Å². The van der Waals surface area contributed by atoms with E-state index in [1.54, 1.807) is 12.1 Å². The first-order valence-corrected chi connectivity index (χ1v) is 11.8. The van der Waals surface area contributed by atoms with Gasteiger partial charge in [0.25, 0.3) is 0 Å². The van der Waals surface area contributed by atoms with Crippen molar-refractivity contribution in [3.8, 4) is 11.5 Å². The van der Waals surface area contributed by atoms with Gasteiger partial charge in [-0.1, -0.05) is 54.6 Å². The van der Waals surface area contributed by atoms with Crippen molar-refractivity contribution in [2.24, 2.45) is 0 Å². The minimum absolute atomic E-state index is 0.0145. The molecule has 0 N–H and O–H groups in total. The average molecular weight is 536 g/mol. The molecule has 0 amide bonds. The lowest BCUT2D eigenvalue weighted by molar-refractivity contribution is -0.139. The summed E-state index contributed by atoms with van der Waals surface area (Å²) in [6.45, 7) is 0. The molecular formula is C30H24F3NO5. The molecule has 0 atom stereocenters. The summed E-state index contributed by atoms with van der Waals surface area (Å²) in [5.74, 6) is -1.40. The fraction of sp³-hybridized carbons (Fsp3) is 0.133. The van der Waals surface area contributed by atoms with Gasteiger partial charge < -0.3 is 19.1 Å². The molecule has 3 aromatic carbocycles. The molecule has 200 valence electrons. The van der Waals surface area contributed by atoms with E-state index in [9.17, 15) is 22.8 Å². The Morgan fingerprint density at radius 2 is 1.51 bits per heavy atom. The molecule has 0 bridgehead atoms. The van der Waals surface area contributed by atoms with E-state index in [4.69, 9.17) is 14.2 Å². The molecule has 0 radical (unpaired) electrons. The molecule has 1 aliphatic heterocycles. The topological polar surface area (TPSA) is 65.1 Å². The van der Waals surface area contributed by atoms with Crippen LogP contribution in [0.4, 0.5) is 18.9 Å². The number of esters is 2. The second-order valence-corrected chi connectivity index (χ2v) is 8.37. The van der Waals surface area contributed by atoms with Crippen LogP contribution in [-0.4, -0.2) is 26.2 Å². The normalized spacial score (nSPS) is 13.2. The number of para-hydroxylation sites is 1. The summed E-state index contributed by atoms with van der Waals surface area (Å²) < 4.78 is 57.3. The van der Waals surface area contributed by atoms with E-state index >= 15 is 0 Å². The molecule has 39 heavy (non-hydrogen) atoms. The molecule has 1 heterocycles. The Hall–Kier alpha value is -4.79. The first-order valence-electron chi connectivity index (χ1n) is 11.8. The Kier molecular flexibility index (Phi) is 8.19. The molecule has 0 unspecified atom stereocenters. The van der Waals surface area contributed by atoms with E-state index in [0.717, 1.165) is 42.4 Å². The van der Waals surface area contributed by atoms with E-state index in [2.05, 4.69) is 0 Å². The zero-order chi connectivity index (χ0) is 28.0. The van der Waals surface area contributed by atoms with Gasteiger partial charge in [-0.05, 0) is 47.5 Å². The molecule has 0 fully saturated rings. The molecule has 0 saturated heterocycles. The van der Waals surface area contributed by atoms with Crippen molar-refractivity contribution >= 4 is 17.6 Å². The number of hydrogen-bond donors (Lipinski definition) is 0. The van der Waals surface area contributed by atoms with Gasteiger partial charge in [0.15, 0.2) is 5.75 Å². The van der Waals surface area contributed by atoms with Gasteiger partial charge >= 0.3 is 18.1 Å². The van der Waals surface area contributed by atoms with Gasteiger partial charge in [0.1, 0.15) is 11.4 Å². The number of halogens is 3. The lowest BCUT2D eigenvalue weighted by Crippen LogP contribution is -2.27. The number of alkyl halides is 3. The van der Waals surface area contributed by atoms with Gasteiger partial charge in [-0.3, -0.25) is 0 Å². The van der Waals surface area contributed by atoms with Crippen LogP contribution in [-0.2, 0) is 31.7 Å². The zero-order valence-corrected chi connectivity index (χ0v) is 21.1. The number of ether oxygens (including phenoxy) is 3. The van der Waals surface area contributed by atoms with E-state index in [0.29, 0.717) is 12.2 Å². The molecule has 0 aromatic heterocycles. The highest BCUT2D eigenvalue weighted by atomic mass is 19.4. The summed E-state index contributed by atoms with van der Waals surface area (Å²) in [6.07, 6.45) is 1.41. The number of hydrogen-bond acceptors (Lipinski definition) is 6. The van der Waals surface area contributed by atoms with Crippen molar-refractivity contribution in [2.45, 2.75) is 12.6 Å². The number of rotatable bonds is 7. The lowest BCUT2D eigenvalue weighted by Gasteiger charge is -2.26. The van der Waals surface area contributed by atoms with Crippen molar-refractivity contribution in [3.63, 3.8) is 0 Å². The lowest BCUT2D eigenvalue weighted by atomic mass is 10.0. The number of methoxy groups -OCH3 is 2. The van der Waals surface area contributed by atoms with Crippen molar-refractivity contribution in [2.75, 3.05) is 19.1 Å². The van der Waals surface area contributed by atoms with Crippen LogP contribution in [0.5, 0.6) is 11.5 Å². The number of benzene rings is 3. The van der Waals surface area contributed by atoms with E-state index in [-0.39, 0.29) is 22.7 Å². The summed E-state index contributed by atoms with van der Waals surface area (Å²) in [6, 6.07) is 19.7. The first-order chi connectivity index (χ1) is 18.7. The van der Waals surface area contributed by atoms with Crippen LogP contribution in [0.25, 0.3) is 0 Å². The monoisotopic (exact) mass is 535 g/mol. The fourth-order valence-electron chi connectivity index (χ4n) is 4.00. The molecule has 1 aliphatic rings. The van der Waals surface area contributed by atoms with Crippen LogP contribution in [0.2, 0.25) is 0 Å². The van der Waals surface area contributed by atoms with Crippen molar-refractivity contribution < 1.29 is 37.0 Å². The van der Waals surface area contributed by atoms with Gasteiger partial charge in [0.05, 0.1) is 31.0 Å². The van der Waals surface area contributed by atoms with Gasteiger partial charge in [-0.25, -0.2) is 9.59 Å². The van der Waals surface area contributed by atoms with Gasteiger partial charge in [0, 0.05) is 12.6 Å². The maximum atomic E-state index is 13.8. The molecule has 4 rings (SSSR count). The SMILES string of the molecule is COC(=O)C1=C(C(=O)OC)N(c2cc(C(F)(F)F)ccc2Oc2ccccc2Cc2ccccc2)C=CC=C1. The molecule has 9 heteroatoms. The van der Waals surface area contributed by atoms with Crippen molar-refractivity contribution in [3.05, 3.63) is 125 Å². The number of allylic oxidation sites excluding steroid dienone is 2. The van der Waals surface area contributed by atoms with E-state index < -0.39 is 23.7 Å². The standard InChI is InChI=1S/C30H24F3NO5/c1-37-28(35)23-13-8-9-17-34(27(23)29(36)38-2)24-19-22(30(31,32)33)15-16-26(24)39-25-14-7-6-12-21(25)18-20-10-4-3-5-11-20/h3-17,19H,18H2,1-2H3. The van der Waals surface area contributed by atoms with Crippen molar-refractivity contribution in [1.82, 2.24) is 0 Å². The predicted octanol–water partition coefficient (Wildman–Crippen LogP) is 6.58. The Morgan fingerprint density at radius 1 is 0.821 bits per heavy atom. The highest BCUT2D eigenvalue weighted by Gasteiger charge is 2.34. The van der Waals surface area contributed by atoms with Crippen LogP contribution < -0.4 is 9.64 Å². The molecule has 0 saturated carbocycles. The van der Waals surface area contributed by atoms with E-state index in [1.807, 2.05) is 42.5 Å². The molecule has 0 aliphatic carbocycles. The number of carbonyl (C=O) groups excluding carboxylic acids is 2. The summed E-state index contributed by atoms with van der Waals surface area (Å²) in [5, 5.41) is 0. The van der Waals surface area contributed by atoms with Crippen molar-refractivity contribution in [1.29, 1.82) is 0 Å². The summed E-state index contributed by atoms with van der Waals surface area (Å²) in [4.78, 5) is 26.6. The van der Waals surface area contributed by atoms with Crippen LogP contribution in [0.3, 0.4) is 0 Å². The van der Waals surface area contributed by atoms with Crippen LogP contribution >= 0.6 is 0 Å². The third-order valence-corrected chi connectivity index (χ3v) is 5.86. The van der Waals surface area contributed by atoms with Gasteiger partial charge in [0.2, 0.25) is 0 Å². The van der Waals surface area contributed by atoms with Crippen LogP contribution in [0.15, 0.2) is 108 Å². The molecule has 0 spiro atoms. The summed E-state index contributed by atoms with van der Waals surface area (Å²) in [5.41, 5.74) is 0.152. The first kappa shape index (κ1) is 27.3. The third-order valence-electron chi connectivity index (χ3n) is 5.86. The second kappa shape index (κ2) is 11.7. The number of nitrogens with zero attached hydrogens (tertiary/aromatic N) is 1. The molecular weight excluding hydrogens is 511 g/mol. The predicted molar refractivity (Wildman–Crippen MR) is 139 cm³/mol. The number of carbonyl (C=O) groups is 2. The molecule has 3 aromatic rings.